The van der Waals surface area contributed by atoms with E-state index < -0.39 is 0 Å². The SMILES string of the molecule is OCc1c(F)cccc1N1CCCC(O)C1. The molecule has 1 aliphatic rings. The van der Waals surface area contributed by atoms with E-state index in [1.165, 1.54) is 6.07 Å². The third-order valence-electron chi connectivity index (χ3n) is 2.99. The predicted octanol–water partition coefficient (Wildman–Crippen LogP) is 1.28. The maximum atomic E-state index is 13.5. The van der Waals surface area contributed by atoms with E-state index in [1.807, 2.05) is 4.90 Å². The Balaban J connectivity index is 2.28. The highest BCUT2D eigenvalue weighted by Gasteiger charge is 2.20. The Bertz CT molecular complexity index is 370. The van der Waals surface area contributed by atoms with Crippen LogP contribution in [0.3, 0.4) is 0 Å². The van der Waals surface area contributed by atoms with Gasteiger partial charge in [0.25, 0.3) is 0 Å². The Labute approximate surface area is 94.1 Å². The van der Waals surface area contributed by atoms with Gasteiger partial charge < -0.3 is 15.1 Å². The molecule has 16 heavy (non-hydrogen) atoms. The molecule has 1 aromatic carbocycles. The molecule has 1 atom stereocenters. The van der Waals surface area contributed by atoms with Crippen molar-refractivity contribution < 1.29 is 14.6 Å². The van der Waals surface area contributed by atoms with E-state index in [9.17, 15) is 9.50 Å². The van der Waals surface area contributed by atoms with Gasteiger partial charge in [-0.1, -0.05) is 6.07 Å². The number of aliphatic hydroxyl groups is 2. The van der Waals surface area contributed by atoms with Crippen LogP contribution in [0, 0.1) is 5.82 Å². The van der Waals surface area contributed by atoms with Crippen LogP contribution in [-0.2, 0) is 6.61 Å². The Morgan fingerprint density at radius 3 is 2.94 bits per heavy atom. The molecule has 2 rings (SSSR count). The third kappa shape index (κ3) is 2.18. The standard InChI is InChI=1S/C12H16FNO2/c13-11-4-1-5-12(10(11)8-15)14-6-2-3-9(16)7-14/h1,4-5,9,15-16H,2-3,6-8H2. The molecular weight excluding hydrogens is 209 g/mol. The second-order valence-corrected chi connectivity index (χ2v) is 4.14. The normalized spacial score (nSPS) is 21.2. The van der Waals surface area contributed by atoms with Crippen LogP contribution in [0.5, 0.6) is 0 Å². The molecule has 0 spiro atoms. The highest BCUT2D eigenvalue weighted by Crippen LogP contribution is 2.26. The van der Waals surface area contributed by atoms with Gasteiger partial charge in [0.15, 0.2) is 0 Å². The molecule has 4 heteroatoms. The van der Waals surface area contributed by atoms with Crippen LogP contribution in [0.2, 0.25) is 0 Å². The minimum Gasteiger partial charge on any atom is -0.391 e. The van der Waals surface area contributed by atoms with Crippen molar-refractivity contribution in [2.75, 3.05) is 18.0 Å². The van der Waals surface area contributed by atoms with E-state index >= 15 is 0 Å². The van der Waals surface area contributed by atoms with Gasteiger partial charge in [0.1, 0.15) is 5.82 Å². The number of piperidine rings is 1. The Hall–Kier alpha value is -1.13. The first kappa shape index (κ1) is 11.4. The Morgan fingerprint density at radius 1 is 1.44 bits per heavy atom. The van der Waals surface area contributed by atoms with E-state index in [1.54, 1.807) is 12.1 Å². The maximum absolute atomic E-state index is 13.5. The zero-order valence-corrected chi connectivity index (χ0v) is 9.06. The first-order valence-electron chi connectivity index (χ1n) is 5.53. The molecule has 1 aliphatic heterocycles. The zero-order valence-electron chi connectivity index (χ0n) is 9.06. The summed E-state index contributed by atoms with van der Waals surface area (Å²) in [6.45, 7) is 0.999. The summed E-state index contributed by atoms with van der Waals surface area (Å²) < 4.78 is 13.5. The van der Waals surface area contributed by atoms with Gasteiger partial charge in [0, 0.05) is 24.3 Å². The number of halogens is 1. The van der Waals surface area contributed by atoms with Crippen LogP contribution in [0.1, 0.15) is 18.4 Å². The molecule has 1 aromatic rings. The van der Waals surface area contributed by atoms with Crippen molar-refractivity contribution in [1.82, 2.24) is 0 Å². The fraction of sp³-hybridized carbons (Fsp3) is 0.500. The molecule has 0 bridgehead atoms. The van der Waals surface area contributed by atoms with Gasteiger partial charge in [-0.15, -0.1) is 0 Å². The quantitative estimate of drug-likeness (QED) is 0.797. The van der Waals surface area contributed by atoms with E-state index in [0.29, 0.717) is 17.8 Å². The summed E-state index contributed by atoms with van der Waals surface area (Å²) in [7, 11) is 0. The second-order valence-electron chi connectivity index (χ2n) is 4.14. The largest absolute Gasteiger partial charge is 0.391 e. The lowest BCUT2D eigenvalue weighted by molar-refractivity contribution is 0.154. The van der Waals surface area contributed by atoms with Crippen LogP contribution in [0.4, 0.5) is 10.1 Å². The van der Waals surface area contributed by atoms with Crippen LogP contribution in [0.25, 0.3) is 0 Å². The number of rotatable bonds is 2. The molecular formula is C12H16FNO2. The number of benzene rings is 1. The summed E-state index contributed by atoms with van der Waals surface area (Å²) in [5.41, 5.74) is 1.01. The number of hydrogen-bond acceptors (Lipinski definition) is 3. The van der Waals surface area contributed by atoms with Crippen molar-refractivity contribution in [2.24, 2.45) is 0 Å². The highest BCUT2D eigenvalue weighted by molar-refractivity contribution is 5.54. The average Bonchev–Trinajstić information content (AvgIpc) is 2.28. The predicted molar refractivity (Wildman–Crippen MR) is 59.8 cm³/mol. The first-order chi connectivity index (χ1) is 7.72. The van der Waals surface area contributed by atoms with Crippen molar-refractivity contribution in [1.29, 1.82) is 0 Å². The Kier molecular flexibility index (Phi) is 3.41. The zero-order chi connectivity index (χ0) is 11.5. The summed E-state index contributed by atoms with van der Waals surface area (Å²) in [5.74, 6) is -0.389. The molecule has 0 saturated carbocycles. The van der Waals surface area contributed by atoms with Crippen molar-refractivity contribution in [2.45, 2.75) is 25.6 Å². The van der Waals surface area contributed by atoms with Crippen molar-refractivity contribution in [3.8, 4) is 0 Å². The minimum absolute atomic E-state index is 0.311. The van der Waals surface area contributed by atoms with Gasteiger partial charge >= 0.3 is 0 Å². The lowest BCUT2D eigenvalue weighted by Crippen LogP contribution is -2.38. The fourth-order valence-corrected chi connectivity index (χ4v) is 2.17. The van der Waals surface area contributed by atoms with Gasteiger partial charge in [0.05, 0.1) is 12.7 Å². The van der Waals surface area contributed by atoms with E-state index in [-0.39, 0.29) is 18.5 Å². The molecule has 0 radical (unpaired) electrons. The number of anilines is 1. The molecule has 0 aromatic heterocycles. The van der Waals surface area contributed by atoms with E-state index in [2.05, 4.69) is 0 Å². The third-order valence-corrected chi connectivity index (χ3v) is 2.99. The number of aliphatic hydroxyl groups excluding tert-OH is 2. The summed E-state index contributed by atoms with van der Waals surface area (Å²) in [4.78, 5) is 1.93. The molecule has 1 unspecified atom stereocenters. The smallest absolute Gasteiger partial charge is 0.130 e. The summed E-state index contributed by atoms with van der Waals surface area (Å²) in [5, 5.41) is 18.7. The summed E-state index contributed by atoms with van der Waals surface area (Å²) in [6, 6.07) is 4.76. The number of β-amino-alcohol motifs (C(OH)–C–C–N with tert-alkyl or cyclic N) is 1. The van der Waals surface area contributed by atoms with Crippen LogP contribution >= 0.6 is 0 Å². The second kappa shape index (κ2) is 4.80. The minimum atomic E-state index is -0.389. The lowest BCUT2D eigenvalue weighted by atomic mass is 10.1. The van der Waals surface area contributed by atoms with Gasteiger partial charge in [-0.2, -0.15) is 0 Å². The maximum Gasteiger partial charge on any atom is 0.130 e. The molecule has 1 saturated heterocycles. The molecule has 0 aliphatic carbocycles. The van der Waals surface area contributed by atoms with E-state index in [0.717, 1.165) is 19.4 Å². The van der Waals surface area contributed by atoms with E-state index in [4.69, 9.17) is 5.11 Å². The summed E-state index contributed by atoms with van der Waals surface area (Å²) >= 11 is 0. The molecule has 1 heterocycles. The van der Waals surface area contributed by atoms with Crippen molar-refractivity contribution in [3.05, 3.63) is 29.6 Å². The monoisotopic (exact) mass is 225 g/mol. The van der Waals surface area contributed by atoms with Gasteiger partial charge in [-0.3, -0.25) is 0 Å². The van der Waals surface area contributed by atoms with Crippen LogP contribution in [-0.4, -0.2) is 29.4 Å². The number of hydrogen-bond donors (Lipinski definition) is 2. The van der Waals surface area contributed by atoms with Crippen molar-refractivity contribution >= 4 is 5.69 Å². The molecule has 3 nitrogen and oxygen atoms in total. The fourth-order valence-electron chi connectivity index (χ4n) is 2.17. The van der Waals surface area contributed by atoms with Crippen LogP contribution < -0.4 is 4.90 Å². The van der Waals surface area contributed by atoms with Gasteiger partial charge in [-0.25, -0.2) is 4.39 Å². The molecule has 0 amide bonds. The van der Waals surface area contributed by atoms with Gasteiger partial charge in [0.2, 0.25) is 0 Å². The lowest BCUT2D eigenvalue weighted by Gasteiger charge is -2.33. The summed E-state index contributed by atoms with van der Waals surface area (Å²) in [6.07, 6.45) is 1.33. The van der Waals surface area contributed by atoms with Crippen LogP contribution in [0.15, 0.2) is 18.2 Å². The highest BCUT2D eigenvalue weighted by atomic mass is 19.1. The van der Waals surface area contributed by atoms with Crippen molar-refractivity contribution in [3.63, 3.8) is 0 Å². The Morgan fingerprint density at radius 2 is 2.25 bits per heavy atom. The molecule has 2 N–H and O–H groups in total. The first-order valence-corrected chi connectivity index (χ1v) is 5.53. The molecule has 1 fully saturated rings. The molecule has 88 valence electrons. The van der Waals surface area contributed by atoms with Gasteiger partial charge in [-0.05, 0) is 25.0 Å². The number of nitrogens with zero attached hydrogens (tertiary/aromatic N) is 1. The topological polar surface area (TPSA) is 43.7 Å². The average molecular weight is 225 g/mol.